The third-order valence-corrected chi connectivity index (χ3v) is 4.27. The van der Waals surface area contributed by atoms with Crippen LogP contribution in [-0.4, -0.2) is 31.1 Å². The molecule has 3 nitrogen and oxygen atoms in total. The van der Waals surface area contributed by atoms with E-state index < -0.39 is 32.8 Å². The standard InChI is InChI=1S/C11H23F2NO2S/c1-8(2,3)17(16)14-9(4,5)11(12,13)10(6,7)15/h14-15H,1-7H3. The number of rotatable bonds is 4. The van der Waals surface area contributed by atoms with Crippen LogP contribution in [-0.2, 0) is 11.0 Å². The Labute approximate surface area is 105 Å². The zero-order valence-electron chi connectivity index (χ0n) is 11.5. The van der Waals surface area contributed by atoms with Crippen molar-refractivity contribution < 1.29 is 18.1 Å². The van der Waals surface area contributed by atoms with Crippen molar-refractivity contribution in [2.75, 3.05) is 0 Å². The molecule has 0 aliphatic heterocycles. The van der Waals surface area contributed by atoms with Crippen LogP contribution < -0.4 is 4.72 Å². The summed E-state index contributed by atoms with van der Waals surface area (Å²) in [6, 6.07) is 0. The van der Waals surface area contributed by atoms with Crippen molar-refractivity contribution in [2.45, 2.75) is 70.3 Å². The number of hydrogen-bond acceptors (Lipinski definition) is 2. The second kappa shape index (κ2) is 4.55. The minimum absolute atomic E-state index is 0.646. The van der Waals surface area contributed by atoms with Gasteiger partial charge in [-0.2, -0.15) is 0 Å². The summed E-state index contributed by atoms with van der Waals surface area (Å²) >= 11 is 0. The van der Waals surface area contributed by atoms with Gasteiger partial charge in [0.05, 0.1) is 21.3 Å². The first-order valence-corrected chi connectivity index (χ1v) is 6.58. The van der Waals surface area contributed by atoms with Gasteiger partial charge < -0.3 is 5.11 Å². The number of aliphatic hydroxyl groups is 1. The third kappa shape index (κ3) is 3.69. The highest BCUT2D eigenvalue weighted by molar-refractivity contribution is 7.84. The van der Waals surface area contributed by atoms with E-state index in [9.17, 15) is 18.1 Å². The highest BCUT2D eigenvalue weighted by atomic mass is 32.2. The lowest BCUT2D eigenvalue weighted by atomic mass is 9.85. The van der Waals surface area contributed by atoms with E-state index in [0.717, 1.165) is 13.8 Å². The van der Waals surface area contributed by atoms with Gasteiger partial charge in [0, 0.05) is 0 Å². The van der Waals surface area contributed by atoms with Crippen molar-refractivity contribution in [3.8, 4) is 0 Å². The highest BCUT2D eigenvalue weighted by Gasteiger charge is 2.57. The molecule has 0 radical (unpaired) electrons. The highest BCUT2D eigenvalue weighted by Crippen LogP contribution is 2.38. The van der Waals surface area contributed by atoms with Crippen LogP contribution in [0.25, 0.3) is 0 Å². The molecule has 1 unspecified atom stereocenters. The van der Waals surface area contributed by atoms with Crippen LogP contribution in [0.15, 0.2) is 0 Å². The van der Waals surface area contributed by atoms with Gasteiger partial charge in [-0.3, -0.25) is 0 Å². The lowest BCUT2D eigenvalue weighted by Crippen LogP contribution is -2.64. The molecule has 2 N–H and O–H groups in total. The average molecular weight is 271 g/mol. The number of hydrogen-bond donors (Lipinski definition) is 2. The van der Waals surface area contributed by atoms with Crippen molar-refractivity contribution in [1.29, 1.82) is 0 Å². The first-order chi connectivity index (χ1) is 7.13. The Morgan fingerprint density at radius 3 is 1.59 bits per heavy atom. The summed E-state index contributed by atoms with van der Waals surface area (Å²) in [5, 5.41) is 9.51. The van der Waals surface area contributed by atoms with Gasteiger partial charge in [0.2, 0.25) is 0 Å². The molecule has 0 fully saturated rings. The van der Waals surface area contributed by atoms with Gasteiger partial charge in [-0.15, -0.1) is 0 Å². The molecule has 0 aromatic carbocycles. The maximum absolute atomic E-state index is 14.0. The van der Waals surface area contributed by atoms with Crippen LogP contribution in [0.4, 0.5) is 8.78 Å². The molecule has 0 amide bonds. The lowest BCUT2D eigenvalue weighted by Gasteiger charge is -2.42. The minimum Gasteiger partial charge on any atom is -0.384 e. The van der Waals surface area contributed by atoms with Gasteiger partial charge in [0.25, 0.3) is 5.92 Å². The number of halogens is 2. The van der Waals surface area contributed by atoms with Gasteiger partial charge in [-0.05, 0) is 48.5 Å². The Kier molecular flexibility index (Phi) is 4.53. The largest absolute Gasteiger partial charge is 0.384 e. The summed E-state index contributed by atoms with van der Waals surface area (Å²) < 4.78 is 41.6. The van der Waals surface area contributed by atoms with E-state index in [1.165, 1.54) is 13.8 Å². The van der Waals surface area contributed by atoms with Gasteiger partial charge in [-0.1, -0.05) is 0 Å². The molecule has 6 heteroatoms. The molecule has 1 atom stereocenters. The number of alkyl halides is 2. The van der Waals surface area contributed by atoms with E-state index in [2.05, 4.69) is 4.72 Å². The second-order valence-electron chi connectivity index (χ2n) is 6.24. The molecule has 17 heavy (non-hydrogen) atoms. The molecule has 0 saturated carbocycles. The zero-order valence-corrected chi connectivity index (χ0v) is 12.3. The molecule has 0 bridgehead atoms. The molecule has 0 heterocycles. The topological polar surface area (TPSA) is 49.3 Å². The summed E-state index contributed by atoms with van der Waals surface area (Å²) in [7, 11) is -1.63. The molecule has 0 aliphatic rings. The van der Waals surface area contributed by atoms with E-state index in [0.29, 0.717) is 0 Å². The quantitative estimate of drug-likeness (QED) is 0.823. The zero-order chi connectivity index (χ0) is 14.3. The predicted molar refractivity (Wildman–Crippen MR) is 66.4 cm³/mol. The minimum atomic E-state index is -3.42. The molecule has 104 valence electrons. The molecular weight excluding hydrogens is 248 g/mol. The van der Waals surface area contributed by atoms with Crippen LogP contribution in [0.1, 0.15) is 48.5 Å². The molecule has 0 aromatic rings. The first kappa shape index (κ1) is 16.9. The monoisotopic (exact) mass is 271 g/mol. The van der Waals surface area contributed by atoms with Crippen LogP contribution >= 0.6 is 0 Å². The van der Waals surface area contributed by atoms with Crippen molar-refractivity contribution in [3.05, 3.63) is 0 Å². The summed E-state index contributed by atoms with van der Waals surface area (Å²) in [5.41, 5.74) is -3.96. The molecule has 0 saturated heterocycles. The Morgan fingerprint density at radius 1 is 1.00 bits per heavy atom. The fraction of sp³-hybridized carbons (Fsp3) is 1.00. The summed E-state index contributed by atoms with van der Waals surface area (Å²) in [6.07, 6.45) is 0. The Morgan fingerprint density at radius 2 is 1.35 bits per heavy atom. The second-order valence-corrected chi connectivity index (χ2v) is 8.21. The average Bonchev–Trinajstić information content (AvgIpc) is 1.98. The smallest absolute Gasteiger partial charge is 0.293 e. The van der Waals surface area contributed by atoms with Gasteiger partial charge in [0.1, 0.15) is 5.60 Å². The van der Waals surface area contributed by atoms with E-state index in [1.54, 1.807) is 20.8 Å². The molecule has 0 aromatic heterocycles. The first-order valence-electron chi connectivity index (χ1n) is 5.43. The fourth-order valence-electron chi connectivity index (χ4n) is 1.21. The van der Waals surface area contributed by atoms with Gasteiger partial charge >= 0.3 is 0 Å². The molecule has 0 spiro atoms. The van der Waals surface area contributed by atoms with Crippen molar-refractivity contribution in [3.63, 3.8) is 0 Å². The van der Waals surface area contributed by atoms with E-state index >= 15 is 0 Å². The van der Waals surface area contributed by atoms with E-state index in [-0.39, 0.29) is 0 Å². The van der Waals surface area contributed by atoms with Crippen LogP contribution in [0.2, 0.25) is 0 Å². The molecule has 0 aliphatic carbocycles. The van der Waals surface area contributed by atoms with E-state index in [4.69, 9.17) is 0 Å². The maximum Gasteiger partial charge on any atom is 0.293 e. The van der Waals surface area contributed by atoms with Gasteiger partial charge in [0.15, 0.2) is 0 Å². The molecular formula is C11H23F2NO2S. The summed E-state index contributed by atoms with van der Waals surface area (Å²) in [4.78, 5) is 0. The van der Waals surface area contributed by atoms with Crippen molar-refractivity contribution in [2.24, 2.45) is 0 Å². The van der Waals surface area contributed by atoms with Crippen LogP contribution in [0.5, 0.6) is 0 Å². The summed E-state index contributed by atoms with van der Waals surface area (Å²) in [5.74, 6) is -3.42. The van der Waals surface area contributed by atoms with Crippen molar-refractivity contribution in [1.82, 2.24) is 4.72 Å². The fourth-order valence-corrected chi connectivity index (χ4v) is 2.11. The Bertz CT molecular complexity index is 304. The Hall–Kier alpha value is -0.0700. The third-order valence-electron chi connectivity index (χ3n) is 2.46. The normalized spacial score (nSPS) is 17.1. The molecule has 0 rings (SSSR count). The summed E-state index contributed by atoms with van der Waals surface area (Å²) in [6.45, 7) is 9.60. The number of nitrogens with one attached hydrogen (secondary N) is 1. The Balaban J connectivity index is 5.12. The van der Waals surface area contributed by atoms with Crippen molar-refractivity contribution >= 4 is 11.0 Å². The van der Waals surface area contributed by atoms with Crippen LogP contribution in [0.3, 0.4) is 0 Å². The SMILES string of the molecule is CC(C)(C)S(=O)NC(C)(C)C(F)(F)C(C)(C)O. The maximum atomic E-state index is 14.0. The lowest BCUT2D eigenvalue weighted by molar-refractivity contribution is -0.198. The predicted octanol–water partition coefficient (Wildman–Crippen LogP) is 2.22. The van der Waals surface area contributed by atoms with E-state index in [1.807, 2.05) is 0 Å². The van der Waals surface area contributed by atoms with Gasteiger partial charge in [-0.25, -0.2) is 17.7 Å². The van der Waals surface area contributed by atoms with Crippen LogP contribution in [0, 0.1) is 0 Å².